The summed E-state index contributed by atoms with van der Waals surface area (Å²) in [6.45, 7) is 10.0. The first-order valence-corrected chi connectivity index (χ1v) is 12.6. The van der Waals surface area contributed by atoms with E-state index >= 15 is 0 Å². The smallest absolute Gasteiger partial charge is 0.000966 e. The summed E-state index contributed by atoms with van der Waals surface area (Å²) in [6.07, 6.45) is 21.9. The van der Waals surface area contributed by atoms with Gasteiger partial charge in [-0.25, -0.2) is 0 Å². The second-order valence-electron chi connectivity index (χ2n) is 10.0. The van der Waals surface area contributed by atoms with Crippen molar-refractivity contribution < 1.29 is 0 Å². The van der Waals surface area contributed by atoms with E-state index < -0.39 is 0 Å². The van der Waals surface area contributed by atoms with Gasteiger partial charge >= 0.3 is 0 Å². The van der Waals surface area contributed by atoms with E-state index in [1.807, 2.05) is 0 Å². The molecule has 0 radical (unpaired) electrons. The molecule has 0 aromatic carbocycles. The number of hydrogen-bond acceptors (Lipinski definition) is 2. The van der Waals surface area contributed by atoms with Crippen LogP contribution in [0.1, 0.15) is 110 Å². The van der Waals surface area contributed by atoms with Gasteiger partial charge in [0.2, 0.25) is 0 Å². The van der Waals surface area contributed by atoms with Crippen molar-refractivity contribution in [2.45, 2.75) is 110 Å². The summed E-state index contributed by atoms with van der Waals surface area (Å²) in [5.74, 6) is 1.99. The average Bonchev–Trinajstić information content (AvgIpc) is 2.66. The van der Waals surface area contributed by atoms with E-state index in [1.54, 1.807) is 0 Å². The van der Waals surface area contributed by atoms with Crippen LogP contribution in [0.3, 0.4) is 0 Å². The largest absolute Gasteiger partial charge is 0.320 e. The second-order valence-corrected chi connectivity index (χ2v) is 10.0. The zero-order valence-corrected chi connectivity index (χ0v) is 19.0. The number of unbranched alkanes of at least 4 members (excludes halogenated alkanes) is 6. The molecule has 160 valence electrons. The molecule has 1 N–H and O–H groups in total. The van der Waals surface area contributed by atoms with E-state index in [4.69, 9.17) is 0 Å². The minimum absolute atomic E-state index is 0.757. The Morgan fingerprint density at radius 1 is 0.889 bits per heavy atom. The maximum atomic E-state index is 3.33. The Morgan fingerprint density at radius 2 is 1.48 bits per heavy atom. The normalized spacial score (nSPS) is 20.4. The minimum atomic E-state index is 0.757. The SMILES string of the molecule is CCCCCCC(CCCCCC)CN1CCC2(CC1)CC(CCNC)C2. The molecule has 27 heavy (non-hydrogen) atoms. The number of likely N-dealkylation sites (tertiary alicyclic amines) is 1. The first kappa shape index (κ1) is 23.2. The number of nitrogens with zero attached hydrogens (tertiary/aromatic N) is 1. The molecule has 0 aromatic heterocycles. The highest BCUT2D eigenvalue weighted by atomic mass is 15.1. The lowest BCUT2D eigenvalue weighted by atomic mass is 9.57. The molecule has 0 aromatic rings. The summed E-state index contributed by atoms with van der Waals surface area (Å²) in [7, 11) is 2.09. The summed E-state index contributed by atoms with van der Waals surface area (Å²) in [4.78, 5) is 2.84. The summed E-state index contributed by atoms with van der Waals surface area (Å²) >= 11 is 0. The maximum Gasteiger partial charge on any atom is 0.000966 e. The molecule has 2 nitrogen and oxygen atoms in total. The maximum absolute atomic E-state index is 3.33. The van der Waals surface area contributed by atoms with Crippen LogP contribution in [0.5, 0.6) is 0 Å². The molecule has 2 fully saturated rings. The molecular formula is C25H50N2. The molecule has 0 atom stereocenters. The third-order valence-corrected chi connectivity index (χ3v) is 7.61. The summed E-state index contributed by atoms with van der Waals surface area (Å²) < 4.78 is 0. The molecule has 1 heterocycles. The molecular weight excluding hydrogens is 328 g/mol. The lowest BCUT2D eigenvalue weighted by molar-refractivity contribution is -0.0195. The molecule has 0 unspecified atom stereocenters. The molecule has 2 aliphatic rings. The van der Waals surface area contributed by atoms with Gasteiger partial charge in [-0.1, -0.05) is 65.2 Å². The van der Waals surface area contributed by atoms with Crippen LogP contribution in [0.15, 0.2) is 0 Å². The van der Waals surface area contributed by atoms with Gasteiger partial charge in [0.1, 0.15) is 0 Å². The molecule has 2 heteroatoms. The molecule has 1 aliphatic heterocycles. The standard InChI is InChI=1S/C25H50N2/c1-4-6-8-10-12-23(13-11-9-7-5-2)22-27-18-15-25(16-19-27)20-24(21-25)14-17-26-3/h23-24,26H,4-22H2,1-3H3. The van der Waals surface area contributed by atoms with Crippen LogP contribution in [0.25, 0.3) is 0 Å². The average molecular weight is 379 g/mol. The van der Waals surface area contributed by atoms with Gasteiger partial charge in [-0.05, 0) is 88.9 Å². The second kappa shape index (κ2) is 13.2. The highest BCUT2D eigenvalue weighted by molar-refractivity contribution is 4.97. The number of nitrogens with one attached hydrogen (secondary N) is 1. The summed E-state index contributed by atoms with van der Waals surface area (Å²) in [5.41, 5.74) is 0.757. The van der Waals surface area contributed by atoms with E-state index in [2.05, 4.69) is 31.1 Å². The van der Waals surface area contributed by atoms with Crippen molar-refractivity contribution in [3.63, 3.8) is 0 Å². The van der Waals surface area contributed by atoms with Crippen molar-refractivity contribution >= 4 is 0 Å². The Bertz CT molecular complexity index is 339. The number of piperidine rings is 1. The monoisotopic (exact) mass is 378 g/mol. The quantitative estimate of drug-likeness (QED) is 0.321. The highest BCUT2D eigenvalue weighted by Gasteiger charge is 2.45. The number of rotatable bonds is 15. The van der Waals surface area contributed by atoms with Gasteiger partial charge in [-0.3, -0.25) is 0 Å². The van der Waals surface area contributed by atoms with E-state index in [-0.39, 0.29) is 0 Å². The van der Waals surface area contributed by atoms with Crippen LogP contribution in [0.4, 0.5) is 0 Å². The Kier molecular flexibility index (Phi) is 11.3. The van der Waals surface area contributed by atoms with Gasteiger partial charge in [0, 0.05) is 6.54 Å². The predicted octanol–water partition coefficient (Wildman–Crippen LogP) is 6.65. The predicted molar refractivity (Wildman–Crippen MR) is 120 cm³/mol. The molecule has 1 spiro atoms. The van der Waals surface area contributed by atoms with Crippen molar-refractivity contribution in [2.75, 3.05) is 33.2 Å². The van der Waals surface area contributed by atoms with E-state index in [9.17, 15) is 0 Å². The van der Waals surface area contributed by atoms with Crippen molar-refractivity contribution in [3.05, 3.63) is 0 Å². The van der Waals surface area contributed by atoms with Gasteiger partial charge in [0.25, 0.3) is 0 Å². The molecule has 0 bridgehead atoms. The molecule has 1 aliphatic carbocycles. The molecule has 1 saturated carbocycles. The van der Waals surface area contributed by atoms with Crippen LogP contribution >= 0.6 is 0 Å². The lowest BCUT2D eigenvalue weighted by Crippen LogP contribution is -2.48. The van der Waals surface area contributed by atoms with E-state index in [1.165, 1.54) is 122 Å². The van der Waals surface area contributed by atoms with Crippen molar-refractivity contribution in [3.8, 4) is 0 Å². The van der Waals surface area contributed by atoms with Gasteiger partial charge in [0.05, 0.1) is 0 Å². The third-order valence-electron chi connectivity index (χ3n) is 7.61. The van der Waals surface area contributed by atoms with Crippen molar-refractivity contribution in [1.82, 2.24) is 10.2 Å². The first-order valence-electron chi connectivity index (χ1n) is 12.6. The first-order chi connectivity index (χ1) is 13.2. The fourth-order valence-electron chi connectivity index (χ4n) is 5.75. The molecule has 0 amide bonds. The Morgan fingerprint density at radius 3 is 2.00 bits per heavy atom. The molecule has 1 saturated heterocycles. The van der Waals surface area contributed by atoms with Gasteiger partial charge in [-0.15, -0.1) is 0 Å². The van der Waals surface area contributed by atoms with Crippen LogP contribution in [-0.4, -0.2) is 38.1 Å². The topological polar surface area (TPSA) is 15.3 Å². The van der Waals surface area contributed by atoms with E-state index in [0.29, 0.717) is 0 Å². The third kappa shape index (κ3) is 8.44. The minimum Gasteiger partial charge on any atom is -0.320 e. The highest BCUT2D eigenvalue weighted by Crippen LogP contribution is 2.53. The van der Waals surface area contributed by atoms with Crippen LogP contribution in [0, 0.1) is 17.3 Å². The van der Waals surface area contributed by atoms with Gasteiger partial charge in [0.15, 0.2) is 0 Å². The van der Waals surface area contributed by atoms with Crippen molar-refractivity contribution in [2.24, 2.45) is 17.3 Å². The Balaban J connectivity index is 1.66. The van der Waals surface area contributed by atoms with Crippen LogP contribution < -0.4 is 5.32 Å². The van der Waals surface area contributed by atoms with Gasteiger partial charge < -0.3 is 10.2 Å². The fourth-order valence-corrected chi connectivity index (χ4v) is 5.75. The summed E-state index contributed by atoms with van der Waals surface area (Å²) in [6, 6.07) is 0. The molecule has 2 rings (SSSR count). The Hall–Kier alpha value is -0.0800. The fraction of sp³-hybridized carbons (Fsp3) is 1.00. The van der Waals surface area contributed by atoms with Crippen LogP contribution in [-0.2, 0) is 0 Å². The van der Waals surface area contributed by atoms with Gasteiger partial charge in [-0.2, -0.15) is 0 Å². The number of hydrogen-bond donors (Lipinski definition) is 1. The van der Waals surface area contributed by atoms with Crippen molar-refractivity contribution in [1.29, 1.82) is 0 Å². The van der Waals surface area contributed by atoms with Crippen LogP contribution in [0.2, 0.25) is 0 Å². The summed E-state index contributed by atoms with van der Waals surface area (Å²) in [5, 5.41) is 3.33. The zero-order valence-electron chi connectivity index (χ0n) is 19.0. The Labute approximate surface area is 171 Å². The lowest BCUT2D eigenvalue weighted by Gasteiger charge is -2.53. The zero-order chi connectivity index (χ0) is 19.4. The van der Waals surface area contributed by atoms with E-state index in [0.717, 1.165) is 17.3 Å².